The van der Waals surface area contributed by atoms with Crippen LogP contribution in [0, 0.1) is 13.8 Å². The molecule has 0 radical (unpaired) electrons. The van der Waals surface area contributed by atoms with E-state index in [1.165, 1.54) is 35.0 Å². The molecule has 0 bridgehead atoms. The topological polar surface area (TPSA) is 38.1 Å². The van der Waals surface area contributed by atoms with Gasteiger partial charge in [0.15, 0.2) is 0 Å². The van der Waals surface area contributed by atoms with Crippen LogP contribution >= 0.6 is 0 Å². The van der Waals surface area contributed by atoms with Crippen LogP contribution in [0.5, 0.6) is 0 Å². The molecule has 1 amide bonds. The second-order valence-electron chi connectivity index (χ2n) is 9.39. The summed E-state index contributed by atoms with van der Waals surface area (Å²) in [7, 11) is 0. The number of rotatable bonds is 10. The minimum atomic E-state index is 0.210. The van der Waals surface area contributed by atoms with Gasteiger partial charge in [-0.05, 0) is 68.4 Å². The lowest BCUT2D eigenvalue weighted by atomic mass is 9.97. The molecule has 0 spiro atoms. The largest absolute Gasteiger partial charge is 0.342 e. The summed E-state index contributed by atoms with van der Waals surface area (Å²) in [6.07, 6.45) is 7.49. The Bertz CT molecular complexity index is 1050. The zero-order chi connectivity index (χ0) is 22.5. The lowest BCUT2D eigenvalue weighted by Crippen LogP contribution is -2.26. The second-order valence-corrected chi connectivity index (χ2v) is 9.39. The number of fused-ring (bicyclic) bond motifs is 1. The van der Waals surface area contributed by atoms with Crippen molar-refractivity contribution in [2.45, 2.75) is 78.2 Å². The van der Waals surface area contributed by atoms with E-state index in [-0.39, 0.29) is 11.8 Å². The number of aromatic nitrogens is 2. The number of carbonyl (C=O) groups excluding carboxylic acids is 1. The van der Waals surface area contributed by atoms with Crippen LogP contribution in [0.3, 0.4) is 0 Å². The van der Waals surface area contributed by atoms with Crippen LogP contribution in [0.1, 0.15) is 73.9 Å². The molecule has 0 saturated carbocycles. The molecule has 1 unspecified atom stereocenters. The maximum atomic E-state index is 12.6. The number of aryl methyl sites for hydroxylation is 3. The summed E-state index contributed by atoms with van der Waals surface area (Å²) in [5.74, 6) is 1.60. The van der Waals surface area contributed by atoms with Crippen LogP contribution in [-0.2, 0) is 17.8 Å². The second kappa shape index (κ2) is 10.3. The number of unbranched alkanes of at least 4 members (excludes halogenated alkanes) is 3. The van der Waals surface area contributed by atoms with Crippen molar-refractivity contribution in [3.63, 3.8) is 0 Å². The molecule has 32 heavy (non-hydrogen) atoms. The molecule has 1 atom stereocenters. The number of nitrogens with zero attached hydrogens (tertiary/aromatic N) is 3. The van der Waals surface area contributed by atoms with E-state index in [2.05, 4.69) is 67.8 Å². The van der Waals surface area contributed by atoms with E-state index in [1.807, 2.05) is 4.90 Å². The third-order valence-electron chi connectivity index (χ3n) is 7.00. The van der Waals surface area contributed by atoms with Gasteiger partial charge >= 0.3 is 0 Å². The number of carbonyl (C=O) groups is 1. The van der Waals surface area contributed by atoms with E-state index in [9.17, 15) is 4.79 Å². The van der Waals surface area contributed by atoms with Gasteiger partial charge in [0.1, 0.15) is 5.82 Å². The highest BCUT2D eigenvalue weighted by atomic mass is 16.2. The number of likely N-dealkylation sites (tertiary alicyclic amines) is 1. The molecule has 0 aliphatic carbocycles. The van der Waals surface area contributed by atoms with E-state index in [4.69, 9.17) is 4.98 Å². The van der Waals surface area contributed by atoms with Crippen LogP contribution < -0.4 is 0 Å². The lowest BCUT2D eigenvalue weighted by Gasteiger charge is -2.17. The molecule has 0 N–H and O–H groups in total. The predicted molar refractivity (Wildman–Crippen MR) is 132 cm³/mol. The molecule has 1 fully saturated rings. The van der Waals surface area contributed by atoms with E-state index < -0.39 is 0 Å². The zero-order valence-corrected chi connectivity index (χ0v) is 19.9. The molecule has 1 saturated heterocycles. The Balaban J connectivity index is 1.42. The van der Waals surface area contributed by atoms with Gasteiger partial charge in [0, 0.05) is 32.0 Å². The van der Waals surface area contributed by atoms with Crippen LogP contribution in [0.15, 0.2) is 42.5 Å². The van der Waals surface area contributed by atoms with Crippen LogP contribution in [-0.4, -0.2) is 33.4 Å². The van der Waals surface area contributed by atoms with Gasteiger partial charge < -0.3 is 9.47 Å². The van der Waals surface area contributed by atoms with Crippen molar-refractivity contribution in [1.82, 2.24) is 14.5 Å². The van der Waals surface area contributed by atoms with Crippen molar-refractivity contribution in [1.29, 1.82) is 0 Å². The van der Waals surface area contributed by atoms with E-state index in [0.717, 1.165) is 56.7 Å². The quantitative estimate of drug-likeness (QED) is 0.359. The smallest absolute Gasteiger partial charge is 0.223 e. The fourth-order valence-electron chi connectivity index (χ4n) is 5.14. The SMILES string of the molecule is CCCCN1CC(c2nc3ccccc3n2CCCCCc2c(C)cccc2C)CC1=O. The first-order valence-electron chi connectivity index (χ1n) is 12.4. The third kappa shape index (κ3) is 4.90. The highest BCUT2D eigenvalue weighted by Crippen LogP contribution is 2.31. The molecule has 170 valence electrons. The zero-order valence-electron chi connectivity index (χ0n) is 19.9. The first-order chi connectivity index (χ1) is 15.6. The first-order valence-corrected chi connectivity index (χ1v) is 12.4. The number of para-hydroxylation sites is 2. The van der Waals surface area contributed by atoms with Gasteiger partial charge in [0.05, 0.1) is 11.0 Å². The van der Waals surface area contributed by atoms with Gasteiger partial charge in [-0.3, -0.25) is 4.79 Å². The summed E-state index contributed by atoms with van der Waals surface area (Å²) >= 11 is 0. The highest BCUT2D eigenvalue weighted by molar-refractivity contribution is 5.80. The van der Waals surface area contributed by atoms with Crippen LogP contribution in [0.25, 0.3) is 11.0 Å². The molecule has 2 aromatic carbocycles. The maximum Gasteiger partial charge on any atom is 0.223 e. The van der Waals surface area contributed by atoms with Gasteiger partial charge in [-0.1, -0.05) is 50.1 Å². The lowest BCUT2D eigenvalue weighted by molar-refractivity contribution is -0.127. The van der Waals surface area contributed by atoms with Gasteiger partial charge in [-0.25, -0.2) is 4.98 Å². The molecule has 1 aliphatic heterocycles. The third-order valence-corrected chi connectivity index (χ3v) is 7.00. The van der Waals surface area contributed by atoms with Crippen molar-refractivity contribution < 1.29 is 4.79 Å². The van der Waals surface area contributed by atoms with E-state index in [1.54, 1.807) is 0 Å². The summed E-state index contributed by atoms with van der Waals surface area (Å²) in [6.45, 7) is 9.29. The number of hydrogen-bond acceptors (Lipinski definition) is 2. The fourth-order valence-corrected chi connectivity index (χ4v) is 5.14. The average Bonchev–Trinajstić information content (AvgIpc) is 3.34. The number of imidazole rings is 1. The summed E-state index contributed by atoms with van der Waals surface area (Å²) in [5, 5.41) is 0. The summed E-state index contributed by atoms with van der Waals surface area (Å²) < 4.78 is 2.40. The summed E-state index contributed by atoms with van der Waals surface area (Å²) in [5.41, 5.74) is 6.59. The van der Waals surface area contributed by atoms with Crippen molar-refractivity contribution in [3.8, 4) is 0 Å². The Kier molecular flexibility index (Phi) is 7.29. The minimum Gasteiger partial charge on any atom is -0.342 e. The Morgan fingerprint density at radius 3 is 2.50 bits per heavy atom. The van der Waals surface area contributed by atoms with Crippen molar-refractivity contribution in [2.24, 2.45) is 0 Å². The molecule has 2 heterocycles. The van der Waals surface area contributed by atoms with E-state index in [0.29, 0.717) is 6.42 Å². The van der Waals surface area contributed by atoms with E-state index >= 15 is 0 Å². The Labute approximate surface area is 192 Å². The minimum absolute atomic E-state index is 0.210. The van der Waals surface area contributed by atoms with Gasteiger partial charge in [0.2, 0.25) is 5.91 Å². The normalized spacial score (nSPS) is 16.4. The standard InChI is InChI=1S/C28H37N3O/c1-4-5-17-30-20-23(19-27(30)32)28-29-25-15-8-9-16-26(25)31(28)18-10-6-7-14-24-21(2)12-11-13-22(24)3/h8-9,11-13,15-16,23H,4-7,10,14,17-20H2,1-3H3. The maximum absolute atomic E-state index is 12.6. The number of hydrogen-bond donors (Lipinski definition) is 0. The van der Waals surface area contributed by atoms with Crippen molar-refractivity contribution in [3.05, 3.63) is 65.0 Å². The molecule has 4 rings (SSSR count). The monoisotopic (exact) mass is 431 g/mol. The molecule has 1 aliphatic rings. The number of amides is 1. The van der Waals surface area contributed by atoms with Gasteiger partial charge in [0.25, 0.3) is 0 Å². The molecule has 1 aromatic heterocycles. The average molecular weight is 432 g/mol. The number of benzene rings is 2. The summed E-state index contributed by atoms with van der Waals surface area (Å²) in [6, 6.07) is 15.0. The fraction of sp³-hybridized carbons (Fsp3) is 0.500. The Morgan fingerprint density at radius 2 is 1.72 bits per heavy atom. The molecule has 4 heteroatoms. The highest BCUT2D eigenvalue weighted by Gasteiger charge is 2.33. The summed E-state index contributed by atoms with van der Waals surface area (Å²) in [4.78, 5) is 19.6. The van der Waals surface area contributed by atoms with Crippen molar-refractivity contribution in [2.75, 3.05) is 13.1 Å². The predicted octanol–water partition coefficient (Wildman–Crippen LogP) is 6.18. The van der Waals surface area contributed by atoms with Gasteiger partial charge in [-0.15, -0.1) is 0 Å². The molecule has 3 aromatic rings. The molecule has 4 nitrogen and oxygen atoms in total. The Hall–Kier alpha value is -2.62. The van der Waals surface area contributed by atoms with Crippen LogP contribution in [0.4, 0.5) is 0 Å². The molecular weight excluding hydrogens is 394 g/mol. The first kappa shape index (κ1) is 22.6. The Morgan fingerprint density at radius 1 is 0.938 bits per heavy atom. The molecular formula is C28H37N3O. The van der Waals surface area contributed by atoms with Crippen molar-refractivity contribution >= 4 is 16.9 Å². The van der Waals surface area contributed by atoms with Crippen LogP contribution in [0.2, 0.25) is 0 Å². The van der Waals surface area contributed by atoms with Gasteiger partial charge in [-0.2, -0.15) is 0 Å².